The minimum atomic E-state index is -0.304. The summed E-state index contributed by atoms with van der Waals surface area (Å²) in [5.41, 5.74) is 1.10. The molecule has 0 saturated carbocycles. The molecule has 0 radical (unpaired) electrons. The highest BCUT2D eigenvalue weighted by Crippen LogP contribution is 2.17. The Balaban J connectivity index is 0.00000364. The Morgan fingerprint density at radius 3 is 2.74 bits per heavy atom. The van der Waals surface area contributed by atoms with Crippen molar-refractivity contribution in [3.05, 3.63) is 45.7 Å². The van der Waals surface area contributed by atoms with Gasteiger partial charge >= 0.3 is 0 Å². The SMILES string of the molecule is CCNC(=NCC(C)Oc1cccc(F)c1)NCCc1sc(C)nc1C.I. The fourth-order valence-electron chi connectivity index (χ4n) is 2.47. The summed E-state index contributed by atoms with van der Waals surface area (Å²) in [6, 6.07) is 6.15. The summed E-state index contributed by atoms with van der Waals surface area (Å²) in [4.78, 5) is 10.3. The molecule has 0 aliphatic carbocycles. The van der Waals surface area contributed by atoms with Gasteiger partial charge in [-0.05, 0) is 39.8 Å². The molecule has 27 heavy (non-hydrogen) atoms. The van der Waals surface area contributed by atoms with Crippen LogP contribution in [0.5, 0.6) is 5.75 Å². The molecule has 150 valence electrons. The van der Waals surface area contributed by atoms with Gasteiger partial charge in [-0.15, -0.1) is 35.3 Å². The number of nitrogens with one attached hydrogen (secondary N) is 2. The Hall–Kier alpha value is -1.42. The van der Waals surface area contributed by atoms with Gasteiger partial charge in [-0.2, -0.15) is 0 Å². The van der Waals surface area contributed by atoms with Gasteiger partial charge < -0.3 is 15.4 Å². The first-order valence-electron chi connectivity index (χ1n) is 8.85. The van der Waals surface area contributed by atoms with E-state index in [9.17, 15) is 4.39 Å². The highest BCUT2D eigenvalue weighted by molar-refractivity contribution is 14.0. The average Bonchev–Trinajstić information content (AvgIpc) is 2.90. The lowest BCUT2D eigenvalue weighted by Gasteiger charge is -2.15. The molecular formula is C19H28FIN4OS. The third-order valence-corrected chi connectivity index (χ3v) is 4.76. The van der Waals surface area contributed by atoms with Gasteiger partial charge in [0.25, 0.3) is 0 Å². The van der Waals surface area contributed by atoms with E-state index in [0.717, 1.165) is 36.2 Å². The van der Waals surface area contributed by atoms with Gasteiger partial charge in [0.1, 0.15) is 17.7 Å². The van der Waals surface area contributed by atoms with Gasteiger partial charge in [-0.3, -0.25) is 0 Å². The smallest absolute Gasteiger partial charge is 0.191 e. The van der Waals surface area contributed by atoms with Crippen molar-refractivity contribution in [1.29, 1.82) is 0 Å². The van der Waals surface area contributed by atoms with Crippen molar-refractivity contribution in [2.75, 3.05) is 19.6 Å². The number of aromatic nitrogens is 1. The number of benzene rings is 1. The highest BCUT2D eigenvalue weighted by atomic mass is 127. The topological polar surface area (TPSA) is 58.5 Å². The Bertz CT molecular complexity index is 738. The Labute approximate surface area is 181 Å². The predicted molar refractivity (Wildman–Crippen MR) is 121 cm³/mol. The van der Waals surface area contributed by atoms with E-state index >= 15 is 0 Å². The van der Waals surface area contributed by atoms with Gasteiger partial charge in [0.15, 0.2) is 5.96 Å². The van der Waals surface area contributed by atoms with Crippen LogP contribution in [0.2, 0.25) is 0 Å². The fraction of sp³-hybridized carbons (Fsp3) is 0.474. The van der Waals surface area contributed by atoms with E-state index < -0.39 is 0 Å². The molecule has 0 aliphatic rings. The van der Waals surface area contributed by atoms with E-state index in [-0.39, 0.29) is 35.9 Å². The Kier molecular flexibility index (Phi) is 10.6. The summed E-state index contributed by atoms with van der Waals surface area (Å²) in [7, 11) is 0. The number of halogens is 2. The molecular weight excluding hydrogens is 478 g/mol. The van der Waals surface area contributed by atoms with E-state index in [2.05, 4.69) is 20.6 Å². The number of hydrogen-bond acceptors (Lipinski definition) is 4. The monoisotopic (exact) mass is 506 g/mol. The summed E-state index contributed by atoms with van der Waals surface area (Å²) >= 11 is 1.74. The van der Waals surface area contributed by atoms with Crippen molar-refractivity contribution in [2.24, 2.45) is 4.99 Å². The largest absolute Gasteiger partial charge is 0.489 e. The fourth-order valence-corrected chi connectivity index (χ4v) is 3.41. The van der Waals surface area contributed by atoms with Crippen LogP contribution >= 0.6 is 35.3 Å². The number of aryl methyl sites for hydroxylation is 2. The second kappa shape index (κ2) is 12.1. The van der Waals surface area contributed by atoms with E-state index in [1.165, 1.54) is 17.0 Å². The molecule has 1 atom stereocenters. The van der Waals surface area contributed by atoms with Crippen molar-refractivity contribution in [1.82, 2.24) is 15.6 Å². The minimum absolute atomic E-state index is 0. The summed E-state index contributed by atoms with van der Waals surface area (Å²) < 4.78 is 18.9. The third-order valence-electron chi connectivity index (χ3n) is 3.63. The lowest BCUT2D eigenvalue weighted by molar-refractivity contribution is 0.229. The molecule has 8 heteroatoms. The van der Waals surface area contributed by atoms with Crippen LogP contribution in [0.25, 0.3) is 0 Å². The number of nitrogens with zero attached hydrogens (tertiary/aromatic N) is 2. The van der Waals surface area contributed by atoms with E-state index in [0.29, 0.717) is 12.3 Å². The zero-order valence-electron chi connectivity index (χ0n) is 16.2. The molecule has 0 saturated heterocycles. The standard InChI is InChI=1S/C19H27FN4OS.HI/c1-5-21-19(22-10-9-18-14(3)24-15(4)26-18)23-12-13(2)25-17-8-6-7-16(20)11-17;/h6-8,11,13H,5,9-10,12H2,1-4H3,(H2,21,22,23);1H. The van der Waals surface area contributed by atoms with Crippen molar-refractivity contribution in [2.45, 2.75) is 40.2 Å². The first-order valence-corrected chi connectivity index (χ1v) is 9.67. The van der Waals surface area contributed by atoms with Crippen molar-refractivity contribution in [3.63, 3.8) is 0 Å². The molecule has 5 nitrogen and oxygen atoms in total. The summed E-state index contributed by atoms with van der Waals surface area (Å²) in [6.07, 6.45) is 0.760. The Morgan fingerprint density at radius 2 is 2.11 bits per heavy atom. The van der Waals surface area contributed by atoms with Crippen LogP contribution in [0.3, 0.4) is 0 Å². The number of hydrogen-bond donors (Lipinski definition) is 2. The molecule has 1 aromatic carbocycles. The lowest BCUT2D eigenvalue weighted by Crippen LogP contribution is -2.39. The average molecular weight is 506 g/mol. The number of guanidine groups is 1. The first kappa shape index (κ1) is 23.6. The van der Waals surface area contributed by atoms with E-state index in [4.69, 9.17) is 4.74 Å². The molecule has 0 spiro atoms. The quantitative estimate of drug-likeness (QED) is 0.322. The molecule has 2 aromatic rings. The molecule has 2 N–H and O–H groups in total. The molecule has 1 aromatic heterocycles. The molecule has 0 amide bonds. The molecule has 1 unspecified atom stereocenters. The third kappa shape index (κ3) is 8.42. The number of thiazole rings is 1. The number of rotatable bonds is 8. The second-order valence-corrected chi connectivity index (χ2v) is 7.31. The minimum Gasteiger partial charge on any atom is -0.489 e. The highest BCUT2D eigenvalue weighted by Gasteiger charge is 2.07. The van der Waals surface area contributed by atoms with Gasteiger partial charge in [0.05, 0.1) is 17.2 Å². The predicted octanol–water partition coefficient (Wildman–Crippen LogP) is 4.08. The summed E-state index contributed by atoms with van der Waals surface area (Å²) in [5, 5.41) is 7.66. The van der Waals surface area contributed by atoms with Crippen LogP contribution in [-0.2, 0) is 6.42 Å². The molecule has 0 aliphatic heterocycles. The van der Waals surface area contributed by atoms with Crippen LogP contribution in [-0.4, -0.2) is 36.7 Å². The van der Waals surface area contributed by atoms with Crippen molar-refractivity contribution in [3.8, 4) is 5.75 Å². The second-order valence-electron chi connectivity index (χ2n) is 6.02. The van der Waals surface area contributed by atoms with Crippen LogP contribution in [0, 0.1) is 19.7 Å². The summed E-state index contributed by atoms with van der Waals surface area (Å²) in [6.45, 7) is 10.1. The lowest BCUT2D eigenvalue weighted by atomic mass is 10.3. The zero-order valence-corrected chi connectivity index (χ0v) is 19.4. The van der Waals surface area contributed by atoms with Gasteiger partial charge in [-0.1, -0.05) is 6.07 Å². The van der Waals surface area contributed by atoms with E-state index in [1.807, 2.05) is 27.7 Å². The first-order chi connectivity index (χ1) is 12.5. The zero-order chi connectivity index (χ0) is 18.9. The molecule has 0 fully saturated rings. The summed E-state index contributed by atoms with van der Waals surface area (Å²) in [5.74, 6) is 0.963. The molecule has 0 bridgehead atoms. The van der Waals surface area contributed by atoms with Gasteiger partial charge in [0, 0.05) is 30.5 Å². The van der Waals surface area contributed by atoms with Crippen LogP contribution in [0.4, 0.5) is 4.39 Å². The normalized spacial score (nSPS) is 12.3. The number of aliphatic imine (C=N–C) groups is 1. The maximum Gasteiger partial charge on any atom is 0.191 e. The number of ether oxygens (including phenoxy) is 1. The maximum absolute atomic E-state index is 13.2. The van der Waals surface area contributed by atoms with Crippen molar-refractivity contribution < 1.29 is 9.13 Å². The van der Waals surface area contributed by atoms with Gasteiger partial charge in [0.2, 0.25) is 0 Å². The maximum atomic E-state index is 13.2. The van der Waals surface area contributed by atoms with Crippen LogP contribution in [0.15, 0.2) is 29.3 Å². The van der Waals surface area contributed by atoms with Gasteiger partial charge in [-0.25, -0.2) is 14.4 Å². The molecule has 2 rings (SSSR count). The Morgan fingerprint density at radius 1 is 1.33 bits per heavy atom. The van der Waals surface area contributed by atoms with Crippen LogP contribution in [0.1, 0.15) is 29.4 Å². The van der Waals surface area contributed by atoms with E-state index in [1.54, 1.807) is 23.5 Å². The van der Waals surface area contributed by atoms with Crippen LogP contribution < -0.4 is 15.4 Å². The van der Waals surface area contributed by atoms with Crippen molar-refractivity contribution >= 4 is 41.3 Å². The molecule has 1 heterocycles.